The average Bonchev–Trinajstić information content (AvgIpc) is 3.06. The van der Waals surface area contributed by atoms with Gasteiger partial charge in [-0.2, -0.15) is 0 Å². The van der Waals surface area contributed by atoms with Crippen molar-refractivity contribution in [3.8, 4) is 0 Å². The van der Waals surface area contributed by atoms with Crippen LogP contribution in [0.5, 0.6) is 0 Å². The second-order valence-corrected chi connectivity index (χ2v) is 7.41. The second kappa shape index (κ2) is 12.6. The van der Waals surface area contributed by atoms with Gasteiger partial charge in [-0.25, -0.2) is 4.99 Å². The van der Waals surface area contributed by atoms with Crippen LogP contribution in [0.1, 0.15) is 64.5 Å². The maximum Gasteiger partial charge on any atom is 0.191 e. The number of nitrogens with zero attached hydrogens (tertiary/aromatic N) is 3. The van der Waals surface area contributed by atoms with Gasteiger partial charge in [0.15, 0.2) is 5.96 Å². The standard InChI is InChI=1S/C20H37N5O.HI/c1-6-18-17(19(7-2)26-24-18)13-23-20(21-8-3)22-12-16-10-9-11-25(14-16)15(4)5;/h15-16H,6-14H2,1-5H3,(H2,21,22,23);1H. The summed E-state index contributed by atoms with van der Waals surface area (Å²) < 4.78 is 5.45. The van der Waals surface area contributed by atoms with E-state index in [2.05, 4.69) is 55.3 Å². The molecule has 2 N–H and O–H groups in total. The van der Waals surface area contributed by atoms with Gasteiger partial charge in [0.05, 0.1) is 12.2 Å². The van der Waals surface area contributed by atoms with Crippen LogP contribution < -0.4 is 10.6 Å². The molecule has 1 saturated heterocycles. The topological polar surface area (TPSA) is 65.7 Å². The van der Waals surface area contributed by atoms with Gasteiger partial charge in [-0.05, 0) is 52.5 Å². The lowest BCUT2D eigenvalue weighted by Crippen LogP contribution is -2.46. The first-order valence-electron chi connectivity index (χ1n) is 10.3. The van der Waals surface area contributed by atoms with Gasteiger partial charge >= 0.3 is 0 Å². The highest BCUT2D eigenvalue weighted by Gasteiger charge is 2.21. The largest absolute Gasteiger partial charge is 0.361 e. The number of hydrogen-bond donors (Lipinski definition) is 2. The van der Waals surface area contributed by atoms with Crippen LogP contribution in [0.15, 0.2) is 9.52 Å². The highest BCUT2D eigenvalue weighted by molar-refractivity contribution is 14.0. The van der Waals surface area contributed by atoms with Crippen molar-refractivity contribution in [2.24, 2.45) is 10.9 Å². The number of hydrogen-bond acceptors (Lipinski definition) is 4. The van der Waals surface area contributed by atoms with Gasteiger partial charge in [-0.15, -0.1) is 24.0 Å². The molecule has 1 aliphatic heterocycles. The zero-order valence-corrected chi connectivity index (χ0v) is 20.0. The second-order valence-electron chi connectivity index (χ2n) is 7.41. The van der Waals surface area contributed by atoms with Crippen molar-refractivity contribution in [3.63, 3.8) is 0 Å². The summed E-state index contributed by atoms with van der Waals surface area (Å²) in [6, 6.07) is 0.633. The SMILES string of the molecule is CCNC(=NCc1c(CC)noc1CC)NCC1CCCN(C(C)C)C1.I. The molecule has 0 radical (unpaired) electrons. The Morgan fingerprint density at radius 3 is 2.67 bits per heavy atom. The molecule has 156 valence electrons. The number of guanidine groups is 1. The summed E-state index contributed by atoms with van der Waals surface area (Å²) in [7, 11) is 0. The predicted molar refractivity (Wildman–Crippen MR) is 123 cm³/mol. The molecule has 1 aromatic rings. The summed E-state index contributed by atoms with van der Waals surface area (Å²) in [6.45, 7) is 15.7. The van der Waals surface area contributed by atoms with Crippen LogP contribution in [-0.2, 0) is 19.4 Å². The molecule has 2 heterocycles. The maximum absolute atomic E-state index is 5.45. The first-order chi connectivity index (χ1) is 12.6. The molecular weight excluding hydrogens is 453 g/mol. The van der Waals surface area contributed by atoms with E-state index in [0.717, 1.165) is 48.9 Å². The van der Waals surface area contributed by atoms with Gasteiger partial charge in [-0.3, -0.25) is 0 Å². The van der Waals surface area contributed by atoms with Crippen molar-refractivity contribution in [1.29, 1.82) is 0 Å². The monoisotopic (exact) mass is 491 g/mol. The minimum atomic E-state index is 0. The molecule has 7 heteroatoms. The summed E-state index contributed by atoms with van der Waals surface area (Å²) in [6.07, 6.45) is 4.32. The third kappa shape index (κ3) is 7.25. The zero-order chi connectivity index (χ0) is 18.9. The predicted octanol–water partition coefficient (Wildman–Crippen LogP) is 3.59. The van der Waals surface area contributed by atoms with Crippen LogP contribution in [0, 0.1) is 5.92 Å². The fourth-order valence-corrected chi connectivity index (χ4v) is 3.59. The summed E-state index contributed by atoms with van der Waals surface area (Å²) in [5, 5.41) is 11.1. The molecule has 1 atom stereocenters. The van der Waals surface area contributed by atoms with Gasteiger partial charge < -0.3 is 20.1 Å². The van der Waals surface area contributed by atoms with Crippen molar-refractivity contribution in [3.05, 3.63) is 17.0 Å². The van der Waals surface area contributed by atoms with Gasteiger partial charge in [0.25, 0.3) is 0 Å². The minimum absolute atomic E-state index is 0. The molecule has 0 aromatic carbocycles. The van der Waals surface area contributed by atoms with E-state index in [4.69, 9.17) is 9.52 Å². The van der Waals surface area contributed by atoms with Crippen LogP contribution in [0.3, 0.4) is 0 Å². The Bertz CT molecular complexity index is 551. The van der Waals surface area contributed by atoms with Crippen LogP contribution in [-0.4, -0.2) is 48.2 Å². The van der Waals surface area contributed by atoms with Crippen LogP contribution in [0.4, 0.5) is 0 Å². The summed E-state index contributed by atoms with van der Waals surface area (Å²) in [5.74, 6) is 2.53. The molecule has 0 aliphatic carbocycles. The average molecular weight is 491 g/mol. The number of halogens is 1. The summed E-state index contributed by atoms with van der Waals surface area (Å²) in [4.78, 5) is 7.37. The molecule has 2 rings (SSSR count). The van der Waals surface area contributed by atoms with E-state index in [1.807, 2.05) is 0 Å². The van der Waals surface area contributed by atoms with E-state index >= 15 is 0 Å². The molecule has 1 aliphatic rings. The van der Waals surface area contributed by atoms with E-state index in [9.17, 15) is 0 Å². The smallest absolute Gasteiger partial charge is 0.191 e. The molecule has 1 fully saturated rings. The number of aryl methyl sites for hydroxylation is 2. The molecule has 1 aromatic heterocycles. The van der Waals surface area contributed by atoms with E-state index in [1.54, 1.807) is 0 Å². The van der Waals surface area contributed by atoms with Gasteiger partial charge in [0, 0.05) is 37.7 Å². The number of likely N-dealkylation sites (tertiary alicyclic amines) is 1. The summed E-state index contributed by atoms with van der Waals surface area (Å²) >= 11 is 0. The molecule has 0 amide bonds. The lowest BCUT2D eigenvalue weighted by atomic mass is 9.97. The number of aliphatic imine (C=N–C) groups is 1. The van der Waals surface area contributed by atoms with Gasteiger partial charge in [0.2, 0.25) is 0 Å². The lowest BCUT2D eigenvalue weighted by molar-refractivity contribution is 0.141. The number of rotatable bonds is 8. The fourth-order valence-electron chi connectivity index (χ4n) is 3.59. The summed E-state index contributed by atoms with van der Waals surface area (Å²) in [5.41, 5.74) is 2.18. The first-order valence-corrected chi connectivity index (χ1v) is 10.3. The van der Waals surface area contributed by atoms with Crippen LogP contribution in [0.2, 0.25) is 0 Å². The van der Waals surface area contributed by atoms with Gasteiger partial charge in [-0.1, -0.05) is 19.0 Å². The normalized spacial score (nSPS) is 18.4. The van der Waals surface area contributed by atoms with Crippen molar-refractivity contribution >= 4 is 29.9 Å². The fraction of sp³-hybridized carbons (Fsp3) is 0.800. The molecule has 1 unspecified atom stereocenters. The minimum Gasteiger partial charge on any atom is -0.361 e. The highest BCUT2D eigenvalue weighted by atomic mass is 127. The maximum atomic E-state index is 5.45. The number of piperidine rings is 1. The Morgan fingerprint density at radius 2 is 2.04 bits per heavy atom. The van der Waals surface area contributed by atoms with E-state index in [0.29, 0.717) is 18.5 Å². The Balaban J connectivity index is 0.00000364. The lowest BCUT2D eigenvalue weighted by Gasteiger charge is -2.35. The first kappa shape index (κ1) is 24.2. The van der Waals surface area contributed by atoms with Crippen molar-refractivity contribution in [2.75, 3.05) is 26.2 Å². The number of nitrogens with one attached hydrogen (secondary N) is 2. The van der Waals surface area contributed by atoms with Crippen molar-refractivity contribution < 1.29 is 4.52 Å². The Labute approximate surface area is 181 Å². The van der Waals surface area contributed by atoms with E-state index in [-0.39, 0.29) is 24.0 Å². The third-order valence-corrected chi connectivity index (χ3v) is 5.19. The third-order valence-electron chi connectivity index (χ3n) is 5.19. The molecular formula is C20H38IN5O. The highest BCUT2D eigenvalue weighted by Crippen LogP contribution is 2.18. The van der Waals surface area contributed by atoms with Gasteiger partial charge in [0.1, 0.15) is 5.76 Å². The number of aromatic nitrogens is 1. The van der Waals surface area contributed by atoms with Crippen molar-refractivity contribution in [2.45, 2.75) is 72.9 Å². The molecule has 0 spiro atoms. The van der Waals surface area contributed by atoms with Crippen LogP contribution in [0.25, 0.3) is 0 Å². The Hall–Kier alpha value is -0.830. The quantitative estimate of drug-likeness (QED) is 0.331. The Kier molecular flexibility index (Phi) is 11.3. The van der Waals surface area contributed by atoms with E-state index in [1.165, 1.54) is 25.9 Å². The Morgan fingerprint density at radius 1 is 1.26 bits per heavy atom. The van der Waals surface area contributed by atoms with Crippen molar-refractivity contribution in [1.82, 2.24) is 20.7 Å². The molecule has 27 heavy (non-hydrogen) atoms. The molecule has 0 saturated carbocycles. The molecule has 6 nitrogen and oxygen atoms in total. The molecule has 0 bridgehead atoms. The van der Waals surface area contributed by atoms with Crippen LogP contribution >= 0.6 is 24.0 Å². The zero-order valence-electron chi connectivity index (χ0n) is 17.7. The van der Waals surface area contributed by atoms with E-state index < -0.39 is 0 Å².